The van der Waals surface area contributed by atoms with Gasteiger partial charge in [-0.1, -0.05) is 35.6 Å². The van der Waals surface area contributed by atoms with E-state index in [0.29, 0.717) is 35.5 Å². The minimum atomic E-state index is -0.190. The lowest BCUT2D eigenvalue weighted by Crippen LogP contribution is -2.32. The third kappa shape index (κ3) is 3.35. The highest BCUT2D eigenvalue weighted by Gasteiger charge is 2.25. The number of rotatable bonds is 4. The third-order valence-corrected chi connectivity index (χ3v) is 6.11. The van der Waals surface area contributed by atoms with Crippen molar-refractivity contribution in [1.29, 1.82) is 0 Å². The monoisotopic (exact) mass is 418 g/mol. The zero-order valence-electron chi connectivity index (χ0n) is 16.2. The van der Waals surface area contributed by atoms with Crippen molar-refractivity contribution in [2.75, 3.05) is 16.8 Å². The molecule has 0 fully saturated rings. The van der Waals surface area contributed by atoms with Crippen LogP contribution >= 0.6 is 11.3 Å². The number of nitrogens with zero attached hydrogens (tertiary/aromatic N) is 3. The summed E-state index contributed by atoms with van der Waals surface area (Å²) in [5.41, 5.74) is 3.84. The molecule has 8 heteroatoms. The minimum absolute atomic E-state index is 0.140. The molecule has 0 atom stereocenters. The Morgan fingerprint density at radius 1 is 1.13 bits per heavy atom. The molecule has 7 nitrogen and oxygen atoms in total. The number of ketones is 1. The van der Waals surface area contributed by atoms with Crippen LogP contribution in [0.15, 0.2) is 53.1 Å². The van der Waals surface area contributed by atoms with Crippen molar-refractivity contribution in [2.45, 2.75) is 19.9 Å². The number of carbonyl (C=O) groups excluding carboxylic acids is 2. The first-order valence-corrected chi connectivity index (χ1v) is 10.4. The number of anilines is 2. The Morgan fingerprint density at radius 3 is 2.80 bits per heavy atom. The maximum absolute atomic E-state index is 13.1. The summed E-state index contributed by atoms with van der Waals surface area (Å²) < 4.78 is 6.52. The predicted octanol–water partition coefficient (Wildman–Crippen LogP) is 4.30. The van der Waals surface area contributed by atoms with Gasteiger partial charge in [0, 0.05) is 25.6 Å². The molecule has 30 heavy (non-hydrogen) atoms. The second kappa shape index (κ2) is 7.38. The van der Waals surface area contributed by atoms with Gasteiger partial charge in [0.15, 0.2) is 10.9 Å². The first-order chi connectivity index (χ1) is 14.6. The molecule has 0 aliphatic carbocycles. The molecule has 1 amide bonds. The van der Waals surface area contributed by atoms with E-state index in [2.05, 4.69) is 15.3 Å². The maximum Gasteiger partial charge on any atom is 0.298 e. The number of hydrogen-bond donors (Lipinski definition) is 1. The van der Waals surface area contributed by atoms with Gasteiger partial charge in [-0.05, 0) is 35.7 Å². The maximum atomic E-state index is 13.1. The fraction of sp³-hybridized carbons (Fsp3) is 0.182. The highest BCUT2D eigenvalue weighted by atomic mass is 32.1. The van der Waals surface area contributed by atoms with Crippen molar-refractivity contribution < 1.29 is 14.0 Å². The number of benzene rings is 2. The van der Waals surface area contributed by atoms with E-state index < -0.39 is 0 Å². The lowest BCUT2D eigenvalue weighted by atomic mass is 9.94. The topological polar surface area (TPSA) is 88.3 Å². The molecule has 4 aromatic rings. The van der Waals surface area contributed by atoms with Crippen LogP contribution in [-0.2, 0) is 13.0 Å². The summed E-state index contributed by atoms with van der Waals surface area (Å²) in [7, 11) is 0. The molecule has 3 heterocycles. The van der Waals surface area contributed by atoms with Crippen molar-refractivity contribution in [1.82, 2.24) is 9.97 Å². The van der Waals surface area contributed by atoms with Crippen LogP contribution in [0.5, 0.6) is 0 Å². The molecule has 0 bridgehead atoms. The van der Waals surface area contributed by atoms with Crippen LogP contribution < -0.4 is 10.2 Å². The second-order valence-corrected chi connectivity index (χ2v) is 8.16. The number of para-hydroxylation sites is 1. The van der Waals surface area contributed by atoms with E-state index in [-0.39, 0.29) is 11.7 Å². The number of hydrogen-bond acceptors (Lipinski definition) is 7. The summed E-state index contributed by atoms with van der Waals surface area (Å²) in [6, 6.07) is 13.9. The molecule has 1 N–H and O–H groups in total. The Kier molecular flexibility index (Phi) is 4.55. The summed E-state index contributed by atoms with van der Waals surface area (Å²) in [6.07, 6.45) is 2.13. The Hall–Kier alpha value is -3.52. The van der Waals surface area contributed by atoms with Crippen molar-refractivity contribution in [3.8, 4) is 0 Å². The molecule has 5 rings (SSSR count). The van der Waals surface area contributed by atoms with Crippen molar-refractivity contribution in [3.05, 3.63) is 71.1 Å². The van der Waals surface area contributed by atoms with Crippen LogP contribution in [0.25, 0.3) is 10.2 Å². The number of amides is 1. The van der Waals surface area contributed by atoms with E-state index in [0.717, 1.165) is 27.8 Å². The van der Waals surface area contributed by atoms with Gasteiger partial charge in [0.1, 0.15) is 12.0 Å². The van der Waals surface area contributed by atoms with E-state index >= 15 is 0 Å². The van der Waals surface area contributed by atoms with Gasteiger partial charge in [-0.2, -0.15) is 4.98 Å². The van der Waals surface area contributed by atoms with Crippen LogP contribution in [0.3, 0.4) is 0 Å². The quantitative estimate of drug-likeness (QED) is 0.497. The van der Waals surface area contributed by atoms with E-state index in [1.165, 1.54) is 24.5 Å². The largest absolute Gasteiger partial charge is 0.431 e. The van der Waals surface area contributed by atoms with Gasteiger partial charge in [-0.15, -0.1) is 0 Å². The Labute approximate surface area is 176 Å². The standard InChI is InChI=1S/C22H18N4O3S/c1-13(27)18-12-29-22(24-18)26-10-9-14-5-4-6-15(16(14)11-26)20(28)25-21-23-17-7-2-3-8-19(17)30-21/h2-8,12H,9-11H2,1H3,(H,23,25,28). The van der Waals surface area contributed by atoms with Gasteiger partial charge in [0.25, 0.3) is 11.9 Å². The molecule has 0 spiro atoms. The normalized spacial score (nSPS) is 13.3. The predicted molar refractivity (Wildman–Crippen MR) is 115 cm³/mol. The first kappa shape index (κ1) is 18.5. The van der Waals surface area contributed by atoms with Crippen LogP contribution in [-0.4, -0.2) is 28.2 Å². The van der Waals surface area contributed by atoms with Gasteiger partial charge >= 0.3 is 0 Å². The Bertz CT molecular complexity index is 1240. The molecule has 0 saturated heterocycles. The highest BCUT2D eigenvalue weighted by Crippen LogP contribution is 2.29. The third-order valence-electron chi connectivity index (χ3n) is 5.16. The van der Waals surface area contributed by atoms with E-state index in [1.807, 2.05) is 47.4 Å². The molecule has 1 aliphatic rings. The molecular weight excluding hydrogens is 400 g/mol. The smallest absolute Gasteiger partial charge is 0.298 e. The molecule has 0 saturated carbocycles. The summed E-state index contributed by atoms with van der Waals surface area (Å²) >= 11 is 1.45. The van der Waals surface area contributed by atoms with E-state index in [1.54, 1.807) is 0 Å². The van der Waals surface area contributed by atoms with E-state index in [9.17, 15) is 9.59 Å². The number of fused-ring (bicyclic) bond motifs is 2. The number of nitrogens with one attached hydrogen (secondary N) is 1. The summed E-state index contributed by atoms with van der Waals surface area (Å²) in [5, 5.41) is 3.51. The van der Waals surface area contributed by atoms with Crippen LogP contribution in [0.1, 0.15) is 38.9 Å². The molecule has 0 radical (unpaired) electrons. The van der Waals surface area contributed by atoms with Crippen LogP contribution in [0.4, 0.5) is 11.1 Å². The number of oxazole rings is 1. The van der Waals surface area contributed by atoms with Gasteiger partial charge in [-0.3, -0.25) is 14.9 Å². The van der Waals surface area contributed by atoms with Crippen molar-refractivity contribution >= 4 is 44.4 Å². The Morgan fingerprint density at radius 2 is 2.00 bits per heavy atom. The molecule has 150 valence electrons. The highest BCUT2D eigenvalue weighted by molar-refractivity contribution is 7.22. The summed E-state index contributed by atoms with van der Waals surface area (Å²) in [6.45, 7) is 2.64. The average Bonchev–Trinajstić information content (AvgIpc) is 3.40. The fourth-order valence-electron chi connectivity index (χ4n) is 3.62. The molecule has 2 aromatic carbocycles. The average molecular weight is 418 g/mol. The first-order valence-electron chi connectivity index (χ1n) is 9.57. The van der Waals surface area contributed by atoms with Gasteiger partial charge < -0.3 is 9.32 Å². The molecule has 0 unspecified atom stereocenters. The van der Waals surface area contributed by atoms with Gasteiger partial charge in [0.05, 0.1) is 10.2 Å². The lowest BCUT2D eigenvalue weighted by Gasteiger charge is -2.28. The fourth-order valence-corrected chi connectivity index (χ4v) is 4.48. The molecule has 2 aromatic heterocycles. The number of Topliss-reactive ketones (excluding diaryl/α,β-unsaturated/α-hetero) is 1. The SMILES string of the molecule is CC(=O)c1coc(N2CCc3cccc(C(=O)Nc4nc5ccccc5s4)c3C2)n1. The van der Waals surface area contributed by atoms with Crippen molar-refractivity contribution in [2.24, 2.45) is 0 Å². The molecular formula is C22H18N4O3S. The van der Waals surface area contributed by atoms with E-state index in [4.69, 9.17) is 4.42 Å². The summed E-state index contributed by atoms with van der Waals surface area (Å²) in [5.74, 6) is -0.331. The number of carbonyl (C=O) groups is 2. The minimum Gasteiger partial charge on any atom is -0.431 e. The lowest BCUT2D eigenvalue weighted by molar-refractivity contribution is 0.100. The molecule has 1 aliphatic heterocycles. The van der Waals surface area contributed by atoms with Gasteiger partial charge in [0.2, 0.25) is 0 Å². The van der Waals surface area contributed by atoms with Crippen LogP contribution in [0.2, 0.25) is 0 Å². The van der Waals surface area contributed by atoms with Gasteiger partial charge in [-0.25, -0.2) is 4.98 Å². The zero-order chi connectivity index (χ0) is 20.7. The van der Waals surface area contributed by atoms with Crippen molar-refractivity contribution in [3.63, 3.8) is 0 Å². The zero-order valence-corrected chi connectivity index (χ0v) is 17.0. The summed E-state index contributed by atoms with van der Waals surface area (Å²) in [4.78, 5) is 35.3. The number of aromatic nitrogens is 2. The second-order valence-electron chi connectivity index (χ2n) is 7.13. The number of thiazole rings is 1. The van der Waals surface area contributed by atoms with Crippen LogP contribution in [0, 0.1) is 0 Å². The Balaban J connectivity index is 1.41.